The van der Waals surface area contributed by atoms with Gasteiger partial charge in [0.15, 0.2) is 12.3 Å². The van der Waals surface area contributed by atoms with Crippen molar-refractivity contribution in [2.24, 2.45) is 0 Å². The van der Waals surface area contributed by atoms with Crippen molar-refractivity contribution in [1.82, 2.24) is 9.55 Å². The Morgan fingerprint density at radius 2 is 1.96 bits per heavy atom. The Hall–Kier alpha value is -1.89. The number of ketones is 1. The first-order valence-electron chi connectivity index (χ1n) is 7.53. The standard InChI is InChI=1S/C17H18Cl2N2O4/c1-10-8-12(11(2)21(10)6-7-24-3)14(22)9-25-17(23)16-13(18)4-5-15(19)20-16/h4-5,8H,6-7,9H2,1-3H3. The van der Waals surface area contributed by atoms with Gasteiger partial charge < -0.3 is 14.0 Å². The molecule has 0 bridgehead atoms. The number of hydrogen-bond acceptors (Lipinski definition) is 5. The zero-order valence-corrected chi connectivity index (χ0v) is 15.6. The average molecular weight is 385 g/mol. The van der Waals surface area contributed by atoms with Crippen LogP contribution >= 0.6 is 23.2 Å². The van der Waals surface area contributed by atoms with E-state index in [2.05, 4.69) is 4.98 Å². The van der Waals surface area contributed by atoms with E-state index in [1.165, 1.54) is 12.1 Å². The number of aryl methyl sites for hydroxylation is 1. The predicted molar refractivity (Wildman–Crippen MR) is 94.7 cm³/mol. The van der Waals surface area contributed by atoms with Gasteiger partial charge >= 0.3 is 5.97 Å². The van der Waals surface area contributed by atoms with Gasteiger partial charge in [0.1, 0.15) is 5.15 Å². The average Bonchev–Trinajstić information content (AvgIpc) is 2.87. The fourth-order valence-corrected chi connectivity index (χ4v) is 2.78. The molecule has 0 saturated carbocycles. The van der Waals surface area contributed by atoms with Crippen LogP contribution in [0.5, 0.6) is 0 Å². The second-order valence-electron chi connectivity index (χ2n) is 5.39. The predicted octanol–water partition coefficient (Wildman–Crippen LogP) is 3.49. The fourth-order valence-electron chi connectivity index (χ4n) is 2.45. The van der Waals surface area contributed by atoms with Crippen molar-refractivity contribution in [3.05, 3.63) is 51.0 Å². The van der Waals surface area contributed by atoms with Crippen molar-refractivity contribution in [2.45, 2.75) is 20.4 Å². The van der Waals surface area contributed by atoms with E-state index in [4.69, 9.17) is 32.7 Å². The summed E-state index contributed by atoms with van der Waals surface area (Å²) in [7, 11) is 1.62. The van der Waals surface area contributed by atoms with Gasteiger partial charge in [0.25, 0.3) is 0 Å². The molecule has 2 heterocycles. The lowest BCUT2D eigenvalue weighted by Gasteiger charge is -2.09. The van der Waals surface area contributed by atoms with Gasteiger partial charge in [-0.25, -0.2) is 9.78 Å². The molecule has 0 aromatic carbocycles. The monoisotopic (exact) mass is 384 g/mol. The summed E-state index contributed by atoms with van der Waals surface area (Å²) in [4.78, 5) is 28.3. The molecule has 0 spiro atoms. The molecule has 0 aliphatic carbocycles. The lowest BCUT2D eigenvalue weighted by molar-refractivity contribution is 0.0469. The summed E-state index contributed by atoms with van der Waals surface area (Å²) in [5.41, 5.74) is 2.12. The molecule has 2 aromatic heterocycles. The maximum atomic E-state index is 12.4. The summed E-state index contributed by atoms with van der Waals surface area (Å²) in [6.07, 6.45) is 0. The largest absolute Gasteiger partial charge is 0.453 e. The van der Waals surface area contributed by atoms with Gasteiger partial charge in [0, 0.05) is 30.6 Å². The molecule has 2 aromatic rings. The summed E-state index contributed by atoms with van der Waals surface area (Å²) in [5.74, 6) is -1.10. The van der Waals surface area contributed by atoms with Crippen molar-refractivity contribution in [3.63, 3.8) is 0 Å². The maximum absolute atomic E-state index is 12.4. The van der Waals surface area contributed by atoms with Gasteiger partial charge in [-0.2, -0.15) is 0 Å². The molecule has 0 saturated heterocycles. The molecule has 0 fully saturated rings. The highest BCUT2D eigenvalue weighted by Gasteiger charge is 2.20. The number of aromatic nitrogens is 2. The van der Waals surface area contributed by atoms with Crippen LogP contribution in [-0.4, -0.2) is 41.6 Å². The first-order valence-corrected chi connectivity index (χ1v) is 8.28. The molecule has 6 nitrogen and oxygen atoms in total. The Bertz CT molecular complexity index is 802. The molecule has 0 amide bonds. The first kappa shape index (κ1) is 19.4. The zero-order chi connectivity index (χ0) is 18.6. The number of carbonyl (C=O) groups is 2. The number of esters is 1. The SMILES string of the molecule is COCCn1c(C)cc(C(=O)COC(=O)c2nc(Cl)ccc2Cl)c1C. The van der Waals surface area contributed by atoms with Crippen LogP contribution in [0, 0.1) is 13.8 Å². The Labute approximate surface area is 155 Å². The van der Waals surface area contributed by atoms with Gasteiger partial charge in [-0.15, -0.1) is 0 Å². The van der Waals surface area contributed by atoms with Crippen LogP contribution in [-0.2, 0) is 16.0 Å². The van der Waals surface area contributed by atoms with E-state index in [1.807, 2.05) is 18.4 Å². The quantitative estimate of drug-likeness (QED) is 0.415. The normalized spacial score (nSPS) is 10.8. The van der Waals surface area contributed by atoms with E-state index in [-0.39, 0.29) is 21.7 Å². The van der Waals surface area contributed by atoms with Crippen LogP contribution in [0.3, 0.4) is 0 Å². The van der Waals surface area contributed by atoms with Crippen LogP contribution in [0.1, 0.15) is 32.2 Å². The van der Waals surface area contributed by atoms with Crippen molar-refractivity contribution in [2.75, 3.05) is 20.3 Å². The van der Waals surface area contributed by atoms with Crippen LogP contribution in [0.15, 0.2) is 18.2 Å². The number of carbonyl (C=O) groups excluding carboxylic acids is 2. The minimum absolute atomic E-state index is 0.111. The Morgan fingerprint density at radius 1 is 1.24 bits per heavy atom. The topological polar surface area (TPSA) is 70.4 Å². The van der Waals surface area contributed by atoms with Crippen molar-refractivity contribution >= 4 is 35.0 Å². The summed E-state index contributed by atoms with van der Waals surface area (Å²) < 4.78 is 12.1. The third-order valence-electron chi connectivity index (χ3n) is 3.73. The molecule has 134 valence electrons. The molecule has 0 radical (unpaired) electrons. The number of pyridine rings is 1. The van der Waals surface area contributed by atoms with Crippen molar-refractivity contribution in [3.8, 4) is 0 Å². The highest BCUT2D eigenvalue weighted by molar-refractivity contribution is 6.34. The molecule has 8 heteroatoms. The second-order valence-corrected chi connectivity index (χ2v) is 6.19. The Kier molecular flexibility index (Phi) is 6.58. The van der Waals surface area contributed by atoms with E-state index in [9.17, 15) is 9.59 Å². The van der Waals surface area contributed by atoms with Gasteiger partial charge in [-0.3, -0.25) is 4.79 Å². The highest BCUT2D eigenvalue weighted by Crippen LogP contribution is 2.19. The second kappa shape index (κ2) is 8.47. The number of halogens is 2. The number of rotatable bonds is 7. The number of nitrogens with zero attached hydrogens (tertiary/aromatic N) is 2. The number of Topliss-reactive ketones (excluding diaryl/α,β-unsaturated/α-hetero) is 1. The van der Waals surface area contributed by atoms with Crippen LogP contribution in [0.2, 0.25) is 10.2 Å². The number of ether oxygens (including phenoxy) is 2. The van der Waals surface area contributed by atoms with E-state index in [0.717, 1.165) is 11.4 Å². The molecule has 0 N–H and O–H groups in total. The highest BCUT2D eigenvalue weighted by atomic mass is 35.5. The number of hydrogen-bond donors (Lipinski definition) is 0. The molecular weight excluding hydrogens is 367 g/mol. The zero-order valence-electron chi connectivity index (χ0n) is 14.1. The summed E-state index contributed by atoms with van der Waals surface area (Å²) in [6, 6.07) is 4.67. The Morgan fingerprint density at radius 3 is 2.64 bits per heavy atom. The van der Waals surface area contributed by atoms with Crippen molar-refractivity contribution in [1.29, 1.82) is 0 Å². The van der Waals surface area contributed by atoms with Gasteiger partial charge in [-0.05, 0) is 32.0 Å². The number of methoxy groups -OCH3 is 1. The van der Waals surface area contributed by atoms with Crippen LogP contribution in [0.4, 0.5) is 0 Å². The minimum Gasteiger partial charge on any atom is -0.453 e. The molecule has 25 heavy (non-hydrogen) atoms. The summed E-state index contributed by atoms with van der Waals surface area (Å²) in [6.45, 7) is 4.52. The Balaban J connectivity index is 2.07. The third-order valence-corrected chi connectivity index (χ3v) is 4.25. The molecule has 2 rings (SSSR count). The van der Waals surface area contributed by atoms with E-state index < -0.39 is 12.6 Å². The van der Waals surface area contributed by atoms with E-state index >= 15 is 0 Å². The molecule has 0 atom stereocenters. The maximum Gasteiger partial charge on any atom is 0.359 e. The summed E-state index contributed by atoms with van der Waals surface area (Å²) in [5, 5.41) is 0.226. The molecule has 0 aliphatic rings. The molecular formula is C17H18Cl2N2O4. The smallest absolute Gasteiger partial charge is 0.359 e. The van der Waals surface area contributed by atoms with Crippen LogP contribution in [0.25, 0.3) is 0 Å². The lowest BCUT2D eigenvalue weighted by Crippen LogP contribution is -2.16. The van der Waals surface area contributed by atoms with E-state index in [1.54, 1.807) is 13.2 Å². The fraction of sp³-hybridized carbons (Fsp3) is 0.353. The minimum atomic E-state index is -0.797. The van der Waals surface area contributed by atoms with Gasteiger partial charge in [0.05, 0.1) is 11.6 Å². The van der Waals surface area contributed by atoms with Crippen LogP contribution < -0.4 is 0 Å². The molecule has 0 unspecified atom stereocenters. The molecule has 0 aliphatic heterocycles. The van der Waals surface area contributed by atoms with Gasteiger partial charge in [0.2, 0.25) is 5.78 Å². The van der Waals surface area contributed by atoms with E-state index in [0.29, 0.717) is 18.7 Å². The first-order chi connectivity index (χ1) is 11.8. The van der Waals surface area contributed by atoms with Crippen molar-refractivity contribution < 1.29 is 19.1 Å². The summed E-state index contributed by atoms with van der Waals surface area (Å²) >= 11 is 11.6. The third kappa shape index (κ3) is 4.60. The van der Waals surface area contributed by atoms with Gasteiger partial charge in [-0.1, -0.05) is 23.2 Å². The lowest BCUT2D eigenvalue weighted by atomic mass is 10.1.